The standard InChI is InChI=1S/C22H36N2O3/c1-4-13-27-21-16-18(10-11-20(21)23)22(25)24(3)12-7-14-26-19-9-6-8-17(5-2)15-19/h6,8-9,15,18,20-21H,4-5,7,10-14,16,23H2,1-3H3/t18-,20+,21+/m0/s1. The van der Waals surface area contributed by atoms with Crippen molar-refractivity contribution in [2.24, 2.45) is 11.7 Å². The summed E-state index contributed by atoms with van der Waals surface area (Å²) < 4.78 is 11.7. The maximum atomic E-state index is 12.8. The Morgan fingerprint density at radius 3 is 2.81 bits per heavy atom. The summed E-state index contributed by atoms with van der Waals surface area (Å²) in [5.41, 5.74) is 7.44. The van der Waals surface area contributed by atoms with Gasteiger partial charge in [-0.15, -0.1) is 0 Å². The van der Waals surface area contributed by atoms with Crippen molar-refractivity contribution in [1.29, 1.82) is 0 Å². The molecule has 5 heteroatoms. The van der Waals surface area contributed by atoms with Gasteiger partial charge in [0, 0.05) is 32.2 Å². The first-order valence-corrected chi connectivity index (χ1v) is 10.4. The second kappa shape index (κ2) is 11.3. The second-order valence-electron chi connectivity index (χ2n) is 7.55. The van der Waals surface area contributed by atoms with Gasteiger partial charge in [0.1, 0.15) is 5.75 Å². The summed E-state index contributed by atoms with van der Waals surface area (Å²) in [7, 11) is 1.89. The number of nitrogens with two attached hydrogens (primary N) is 1. The molecule has 0 bridgehead atoms. The number of benzene rings is 1. The minimum absolute atomic E-state index is 0.00947. The monoisotopic (exact) mass is 376 g/mol. The molecule has 152 valence electrons. The quantitative estimate of drug-likeness (QED) is 0.636. The molecule has 3 atom stereocenters. The second-order valence-corrected chi connectivity index (χ2v) is 7.55. The topological polar surface area (TPSA) is 64.8 Å². The van der Waals surface area contributed by atoms with Crippen LogP contribution in [0, 0.1) is 5.92 Å². The third-order valence-electron chi connectivity index (χ3n) is 5.32. The Kier molecular flexibility index (Phi) is 9.08. The van der Waals surface area contributed by atoms with Crippen molar-refractivity contribution >= 4 is 5.91 Å². The van der Waals surface area contributed by atoms with Crippen molar-refractivity contribution in [2.75, 3.05) is 26.8 Å². The van der Waals surface area contributed by atoms with E-state index in [0.717, 1.165) is 44.3 Å². The van der Waals surface area contributed by atoms with Crippen LogP contribution in [0.15, 0.2) is 24.3 Å². The van der Waals surface area contributed by atoms with Crippen LogP contribution < -0.4 is 10.5 Å². The van der Waals surface area contributed by atoms with E-state index in [4.69, 9.17) is 15.2 Å². The van der Waals surface area contributed by atoms with Crippen LogP contribution in [0.2, 0.25) is 0 Å². The molecule has 2 N–H and O–H groups in total. The SMILES string of the molecule is CCCO[C@@H]1C[C@@H](C(=O)N(C)CCCOc2cccc(CC)c2)CC[C@H]1N. The van der Waals surface area contributed by atoms with Crippen molar-refractivity contribution in [1.82, 2.24) is 4.90 Å². The molecule has 0 aliphatic heterocycles. The lowest BCUT2D eigenvalue weighted by Crippen LogP contribution is -2.46. The van der Waals surface area contributed by atoms with E-state index in [1.54, 1.807) is 0 Å². The van der Waals surface area contributed by atoms with Crippen molar-refractivity contribution in [3.8, 4) is 5.75 Å². The molecule has 1 aliphatic rings. The molecule has 1 aromatic rings. The van der Waals surface area contributed by atoms with Crippen LogP contribution in [0.3, 0.4) is 0 Å². The summed E-state index contributed by atoms with van der Waals surface area (Å²) in [5.74, 6) is 1.14. The van der Waals surface area contributed by atoms with Crippen molar-refractivity contribution in [3.63, 3.8) is 0 Å². The molecule has 0 aromatic heterocycles. The third kappa shape index (κ3) is 6.82. The number of hydrogen-bond acceptors (Lipinski definition) is 4. The first-order chi connectivity index (χ1) is 13.0. The molecule has 1 fully saturated rings. The summed E-state index contributed by atoms with van der Waals surface area (Å²) in [6, 6.07) is 8.24. The smallest absolute Gasteiger partial charge is 0.225 e. The predicted molar refractivity (Wildman–Crippen MR) is 109 cm³/mol. The fraction of sp³-hybridized carbons (Fsp3) is 0.682. The van der Waals surface area contributed by atoms with Crippen LogP contribution in [-0.2, 0) is 16.0 Å². The van der Waals surface area contributed by atoms with Crippen molar-refractivity contribution in [3.05, 3.63) is 29.8 Å². The van der Waals surface area contributed by atoms with Crippen molar-refractivity contribution in [2.45, 2.75) is 64.5 Å². The van der Waals surface area contributed by atoms with Crippen LogP contribution in [-0.4, -0.2) is 49.8 Å². The molecular weight excluding hydrogens is 340 g/mol. The van der Waals surface area contributed by atoms with E-state index < -0.39 is 0 Å². The van der Waals surface area contributed by atoms with Gasteiger partial charge in [-0.25, -0.2) is 0 Å². The summed E-state index contributed by atoms with van der Waals surface area (Å²) in [4.78, 5) is 14.6. The molecule has 0 radical (unpaired) electrons. The molecule has 0 unspecified atom stereocenters. The van der Waals surface area contributed by atoms with Gasteiger partial charge in [-0.05, 0) is 56.2 Å². The molecule has 27 heavy (non-hydrogen) atoms. The van der Waals surface area contributed by atoms with Crippen LogP contribution in [0.4, 0.5) is 0 Å². The Bertz CT molecular complexity index is 578. The molecule has 2 rings (SSSR count). The molecular formula is C22H36N2O3. The highest BCUT2D eigenvalue weighted by atomic mass is 16.5. The van der Waals surface area contributed by atoms with Gasteiger partial charge in [-0.1, -0.05) is 26.0 Å². The fourth-order valence-corrected chi connectivity index (χ4v) is 3.61. The largest absolute Gasteiger partial charge is 0.494 e. The minimum Gasteiger partial charge on any atom is -0.494 e. The Balaban J connectivity index is 1.73. The predicted octanol–water partition coefficient (Wildman–Crippen LogP) is 3.40. The number of nitrogens with zero attached hydrogens (tertiary/aromatic N) is 1. The first-order valence-electron chi connectivity index (χ1n) is 10.4. The maximum Gasteiger partial charge on any atom is 0.225 e. The van der Waals surface area contributed by atoms with Gasteiger partial charge in [-0.3, -0.25) is 4.79 Å². The van der Waals surface area contributed by atoms with Gasteiger partial charge < -0.3 is 20.1 Å². The van der Waals surface area contributed by atoms with E-state index in [2.05, 4.69) is 26.0 Å². The van der Waals surface area contributed by atoms with E-state index in [0.29, 0.717) is 19.8 Å². The minimum atomic E-state index is 0.00947. The zero-order valence-electron chi connectivity index (χ0n) is 17.2. The lowest BCUT2D eigenvalue weighted by molar-refractivity contribution is -0.137. The van der Waals surface area contributed by atoms with Gasteiger partial charge in [-0.2, -0.15) is 0 Å². The van der Waals surface area contributed by atoms with Crippen LogP contribution in [0.25, 0.3) is 0 Å². The van der Waals surface area contributed by atoms with Gasteiger partial charge in [0.05, 0.1) is 12.7 Å². The zero-order valence-corrected chi connectivity index (χ0v) is 17.2. The van der Waals surface area contributed by atoms with E-state index >= 15 is 0 Å². The van der Waals surface area contributed by atoms with E-state index in [1.165, 1.54) is 5.56 Å². The Labute approximate surface area is 164 Å². The van der Waals surface area contributed by atoms with Gasteiger partial charge >= 0.3 is 0 Å². The molecule has 0 saturated heterocycles. The maximum absolute atomic E-state index is 12.8. The number of hydrogen-bond donors (Lipinski definition) is 1. The molecule has 1 saturated carbocycles. The van der Waals surface area contributed by atoms with E-state index in [-0.39, 0.29) is 24.0 Å². The lowest BCUT2D eigenvalue weighted by atomic mass is 9.83. The van der Waals surface area contributed by atoms with Crippen LogP contribution in [0.5, 0.6) is 5.75 Å². The van der Waals surface area contributed by atoms with Gasteiger partial charge in [0.15, 0.2) is 0 Å². The van der Waals surface area contributed by atoms with Gasteiger partial charge in [0.25, 0.3) is 0 Å². The van der Waals surface area contributed by atoms with Crippen molar-refractivity contribution < 1.29 is 14.3 Å². The highest BCUT2D eigenvalue weighted by Crippen LogP contribution is 2.27. The molecule has 0 spiro atoms. The number of ether oxygens (including phenoxy) is 2. The lowest BCUT2D eigenvalue weighted by Gasteiger charge is -2.35. The first kappa shape index (κ1) is 21.7. The van der Waals surface area contributed by atoms with Crippen LogP contribution >= 0.6 is 0 Å². The van der Waals surface area contributed by atoms with E-state index in [9.17, 15) is 4.79 Å². The number of rotatable bonds is 10. The molecule has 1 aromatic carbocycles. The Morgan fingerprint density at radius 2 is 2.07 bits per heavy atom. The highest BCUT2D eigenvalue weighted by Gasteiger charge is 2.33. The van der Waals surface area contributed by atoms with Crippen LogP contribution in [0.1, 0.15) is 51.5 Å². The zero-order chi connectivity index (χ0) is 19.6. The Hall–Kier alpha value is -1.59. The third-order valence-corrected chi connectivity index (χ3v) is 5.32. The average molecular weight is 377 g/mol. The molecule has 5 nitrogen and oxygen atoms in total. The summed E-state index contributed by atoms with van der Waals surface area (Å²) in [5, 5.41) is 0. The fourth-order valence-electron chi connectivity index (χ4n) is 3.61. The summed E-state index contributed by atoms with van der Waals surface area (Å²) in [6.07, 6.45) is 5.26. The molecule has 1 amide bonds. The average Bonchev–Trinajstić information content (AvgIpc) is 2.70. The number of aryl methyl sites for hydroxylation is 1. The Morgan fingerprint density at radius 1 is 1.26 bits per heavy atom. The number of carbonyl (C=O) groups excluding carboxylic acids is 1. The molecule has 1 aliphatic carbocycles. The van der Waals surface area contributed by atoms with E-state index in [1.807, 2.05) is 24.1 Å². The summed E-state index contributed by atoms with van der Waals surface area (Å²) >= 11 is 0. The number of carbonyl (C=O) groups is 1. The highest BCUT2D eigenvalue weighted by molar-refractivity contribution is 5.78. The summed E-state index contributed by atoms with van der Waals surface area (Å²) in [6.45, 7) is 6.25. The molecule has 0 heterocycles. The van der Waals surface area contributed by atoms with Gasteiger partial charge in [0.2, 0.25) is 5.91 Å². The number of amides is 1. The normalized spacial score (nSPS) is 22.4.